The lowest BCUT2D eigenvalue weighted by atomic mass is 9.69. The first kappa shape index (κ1) is 24.0. The number of hydrogen-bond donors (Lipinski definition) is 2. The molecule has 0 aliphatic carbocycles. The molecule has 2 heterocycles. The van der Waals surface area contributed by atoms with Crippen molar-refractivity contribution in [3.8, 4) is 0 Å². The normalized spacial score (nSPS) is 26.6. The number of aliphatic hydroxyl groups excluding tert-OH is 1. The Balaban J connectivity index is 1.76. The third-order valence-electron chi connectivity index (χ3n) is 6.82. The Labute approximate surface area is 185 Å². The van der Waals surface area contributed by atoms with E-state index in [4.69, 9.17) is 4.74 Å². The van der Waals surface area contributed by atoms with Crippen molar-refractivity contribution >= 4 is 11.8 Å². The molecule has 2 aliphatic rings. The predicted molar refractivity (Wildman–Crippen MR) is 122 cm³/mol. The number of rotatable bonds is 10. The van der Waals surface area contributed by atoms with E-state index >= 15 is 0 Å². The smallest absolute Gasteiger partial charge is 0.0985 e. The molecule has 6 heteroatoms. The van der Waals surface area contributed by atoms with Gasteiger partial charge in [-0.05, 0) is 60.8 Å². The van der Waals surface area contributed by atoms with E-state index in [9.17, 15) is 14.6 Å². The summed E-state index contributed by atoms with van der Waals surface area (Å²) < 4.78 is 18.0. The number of aliphatic hydroxyl groups is 2. The number of fused-ring (bicyclic) bond motifs is 3. The molecule has 0 unspecified atom stereocenters. The number of benzene rings is 1. The van der Waals surface area contributed by atoms with Crippen LogP contribution in [0.1, 0.15) is 61.4 Å². The summed E-state index contributed by atoms with van der Waals surface area (Å²) in [6, 6.07) is 4.60. The lowest BCUT2D eigenvalue weighted by Gasteiger charge is -2.52. The first-order valence-corrected chi connectivity index (χ1v) is 12.4. The quantitative estimate of drug-likeness (QED) is 0.422. The molecule has 0 aromatic heterocycles. The molecule has 0 saturated carbocycles. The summed E-state index contributed by atoms with van der Waals surface area (Å²) in [5, 5.41) is 21.4. The third kappa shape index (κ3) is 5.57. The van der Waals surface area contributed by atoms with Gasteiger partial charge in [-0.15, -0.1) is 11.8 Å². The van der Waals surface area contributed by atoms with Gasteiger partial charge in [0.2, 0.25) is 0 Å². The van der Waals surface area contributed by atoms with Gasteiger partial charge in [-0.3, -0.25) is 9.29 Å². The summed E-state index contributed by atoms with van der Waals surface area (Å²) in [6.45, 7) is 8.68. The number of ether oxygens (including phenoxy) is 1. The van der Waals surface area contributed by atoms with Crippen LogP contribution in [0, 0.1) is 18.8 Å². The third-order valence-corrected chi connectivity index (χ3v) is 7.60. The molecule has 0 radical (unpaired) electrons. The van der Waals surface area contributed by atoms with E-state index in [0.29, 0.717) is 30.6 Å². The van der Waals surface area contributed by atoms with Gasteiger partial charge in [0.1, 0.15) is 0 Å². The van der Waals surface area contributed by atoms with Crippen LogP contribution in [0.4, 0.5) is 4.39 Å². The second kappa shape index (κ2) is 10.8. The number of thioether (sulfide) groups is 1. The van der Waals surface area contributed by atoms with E-state index in [1.165, 1.54) is 22.9 Å². The Bertz CT molecular complexity index is 701. The van der Waals surface area contributed by atoms with E-state index in [-0.39, 0.29) is 25.2 Å². The minimum Gasteiger partial charge on any atom is -0.392 e. The monoisotopic (exact) mass is 438 g/mol. The van der Waals surface area contributed by atoms with Crippen molar-refractivity contribution in [2.24, 2.45) is 11.8 Å². The predicted octanol–water partition coefficient (Wildman–Crippen LogP) is 4.25. The summed E-state index contributed by atoms with van der Waals surface area (Å²) in [5.41, 5.74) is 4.00. The van der Waals surface area contributed by atoms with E-state index in [2.05, 4.69) is 37.8 Å². The minimum atomic E-state index is -0.756. The molecule has 2 aliphatic heterocycles. The first-order valence-electron chi connectivity index (χ1n) is 11.3. The van der Waals surface area contributed by atoms with Crippen molar-refractivity contribution < 1.29 is 19.3 Å². The van der Waals surface area contributed by atoms with Crippen LogP contribution in [-0.4, -0.2) is 58.8 Å². The molecule has 30 heavy (non-hydrogen) atoms. The zero-order valence-corrected chi connectivity index (χ0v) is 19.5. The average Bonchev–Trinajstić information content (AvgIpc) is 2.71. The SMILES string of the molecule is Cc1cc2c(cc1CO)CCN1C[C@H](CC(C)C)[C@](O)(CCOCSCC[18F])C[C@@H]21. The first-order chi connectivity index (χ1) is 14.4. The van der Waals surface area contributed by atoms with Gasteiger partial charge in [0, 0.05) is 30.8 Å². The van der Waals surface area contributed by atoms with E-state index in [0.717, 1.165) is 43.5 Å². The summed E-state index contributed by atoms with van der Waals surface area (Å²) >= 11 is 1.46. The molecule has 2 N–H and O–H groups in total. The molecule has 1 fully saturated rings. The van der Waals surface area contributed by atoms with Gasteiger partial charge in [0.05, 0.1) is 31.4 Å². The van der Waals surface area contributed by atoms with Crippen LogP contribution in [0.2, 0.25) is 0 Å². The summed E-state index contributed by atoms with van der Waals surface area (Å²) in [6.07, 6.45) is 3.34. The number of aryl methyl sites for hydroxylation is 1. The van der Waals surface area contributed by atoms with E-state index in [1.807, 2.05) is 0 Å². The van der Waals surface area contributed by atoms with Crippen LogP contribution in [0.15, 0.2) is 12.1 Å². The Morgan fingerprint density at radius 1 is 1.37 bits per heavy atom. The van der Waals surface area contributed by atoms with Crippen LogP contribution in [0.3, 0.4) is 0 Å². The zero-order valence-electron chi connectivity index (χ0n) is 18.7. The van der Waals surface area contributed by atoms with Crippen molar-refractivity contribution in [3.63, 3.8) is 0 Å². The fourth-order valence-corrected chi connectivity index (χ4v) is 5.66. The molecule has 0 bridgehead atoms. The Kier molecular flexibility index (Phi) is 8.62. The highest BCUT2D eigenvalue weighted by atomic mass is 32.2. The van der Waals surface area contributed by atoms with Gasteiger partial charge in [0.15, 0.2) is 0 Å². The highest BCUT2D eigenvalue weighted by molar-refractivity contribution is 7.99. The fraction of sp³-hybridized carbons (Fsp3) is 0.750. The standard InChI is InChI=1S/C24H38FNO3S/c1-17(2)10-21-14-26-7-4-19-12-20(15-27)18(3)11-22(19)23(26)13-24(21,28)5-8-29-16-30-9-6-25/h11-12,17,21,23,27-28H,4-10,13-16H2,1-3H3/t21-,23-,24-/m0/s1/i25-1. The van der Waals surface area contributed by atoms with Crippen molar-refractivity contribution in [1.82, 2.24) is 4.90 Å². The fourth-order valence-electron chi connectivity index (χ4n) is 5.20. The van der Waals surface area contributed by atoms with Gasteiger partial charge in [-0.2, -0.15) is 0 Å². The zero-order chi connectivity index (χ0) is 21.7. The molecule has 4 nitrogen and oxygen atoms in total. The molecule has 1 aromatic rings. The Hall–Kier alpha value is -0.660. The number of nitrogens with zero attached hydrogens (tertiary/aromatic N) is 1. The maximum Gasteiger partial charge on any atom is 0.0985 e. The maximum atomic E-state index is 12.2. The molecular formula is C24H38FNO3S. The number of halogens is 1. The summed E-state index contributed by atoms with van der Waals surface area (Å²) in [5.74, 6) is 1.71. The summed E-state index contributed by atoms with van der Waals surface area (Å²) in [4.78, 5) is 2.56. The van der Waals surface area contributed by atoms with E-state index < -0.39 is 5.60 Å². The minimum absolute atomic E-state index is 0.0751. The van der Waals surface area contributed by atoms with Gasteiger partial charge in [-0.25, -0.2) is 0 Å². The summed E-state index contributed by atoms with van der Waals surface area (Å²) in [7, 11) is 0. The van der Waals surface area contributed by atoms with Crippen molar-refractivity contribution in [3.05, 3.63) is 34.4 Å². The number of piperidine rings is 1. The number of hydrogen-bond acceptors (Lipinski definition) is 5. The van der Waals surface area contributed by atoms with E-state index in [1.54, 1.807) is 0 Å². The van der Waals surface area contributed by atoms with Crippen LogP contribution in [0.5, 0.6) is 0 Å². The number of alkyl halides is 1. The largest absolute Gasteiger partial charge is 0.392 e. The van der Waals surface area contributed by atoms with Crippen LogP contribution < -0.4 is 0 Å². The Morgan fingerprint density at radius 2 is 2.17 bits per heavy atom. The van der Waals surface area contributed by atoms with Crippen LogP contribution >= 0.6 is 11.8 Å². The van der Waals surface area contributed by atoms with Gasteiger partial charge >= 0.3 is 0 Å². The molecule has 1 aromatic carbocycles. The van der Waals surface area contributed by atoms with Crippen molar-refractivity contribution in [1.29, 1.82) is 0 Å². The van der Waals surface area contributed by atoms with Gasteiger partial charge in [-0.1, -0.05) is 26.0 Å². The molecular weight excluding hydrogens is 400 g/mol. The van der Waals surface area contributed by atoms with Gasteiger partial charge in [0.25, 0.3) is 0 Å². The highest BCUT2D eigenvalue weighted by Gasteiger charge is 2.47. The van der Waals surface area contributed by atoms with Crippen LogP contribution in [0.25, 0.3) is 0 Å². The lowest BCUT2D eigenvalue weighted by molar-refractivity contribution is -0.116. The molecule has 0 amide bonds. The molecule has 0 spiro atoms. The second-order valence-electron chi connectivity index (χ2n) is 9.40. The average molecular weight is 439 g/mol. The maximum absolute atomic E-state index is 12.2. The topological polar surface area (TPSA) is 52.9 Å². The molecule has 3 rings (SSSR count). The van der Waals surface area contributed by atoms with Crippen molar-refractivity contribution in [2.45, 2.75) is 64.7 Å². The lowest BCUT2D eigenvalue weighted by Crippen LogP contribution is -2.55. The highest BCUT2D eigenvalue weighted by Crippen LogP contribution is 2.46. The van der Waals surface area contributed by atoms with Gasteiger partial charge < -0.3 is 14.9 Å². The molecule has 170 valence electrons. The molecule has 3 atom stereocenters. The Morgan fingerprint density at radius 3 is 2.87 bits per heavy atom. The van der Waals surface area contributed by atoms with Crippen molar-refractivity contribution in [2.75, 3.05) is 38.1 Å². The molecule has 1 saturated heterocycles. The van der Waals surface area contributed by atoms with Crippen LogP contribution in [-0.2, 0) is 17.8 Å². The second-order valence-corrected chi connectivity index (χ2v) is 10.5.